The molecule has 0 spiro atoms. The number of unbranched alkanes of at least 4 members (excludes halogenated alkanes) is 20. The fourth-order valence-electron chi connectivity index (χ4n) is 7.52. The molecule has 3 atom stereocenters. The first-order chi connectivity index (χ1) is 36.2. The van der Waals surface area contributed by atoms with Gasteiger partial charge in [0.05, 0.1) is 19.8 Å². The van der Waals surface area contributed by atoms with E-state index in [-0.39, 0.29) is 25.9 Å². The Morgan fingerprint density at radius 1 is 0.392 bits per heavy atom. The van der Waals surface area contributed by atoms with E-state index in [1.165, 1.54) is 51.4 Å². The van der Waals surface area contributed by atoms with Crippen molar-refractivity contribution in [1.82, 2.24) is 0 Å². The predicted octanol–water partition coefficient (Wildman–Crippen LogP) is 17.3. The van der Waals surface area contributed by atoms with Crippen molar-refractivity contribution in [1.29, 1.82) is 0 Å². The van der Waals surface area contributed by atoms with Crippen molar-refractivity contribution in [2.75, 3.05) is 26.4 Å². The summed E-state index contributed by atoms with van der Waals surface area (Å²) < 4.78 is 39.5. The third kappa shape index (κ3) is 53.2. The van der Waals surface area contributed by atoms with Crippen LogP contribution in [0, 0.1) is 0 Å². The molecule has 0 aliphatic rings. The van der Waals surface area contributed by atoms with Crippen LogP contribution in [0.2, 0.25) is 0 Å². The van der Waals surface area contributed by atoms with E-state index in [0.717, 1.165) is 128 Å². The monoisotopic (exact) mass is 1060 g/mol. The Morgan fingerprint density at radius 2 is 0.703 bits per heavy atom. The third-order valence-electron chi connectivity index (χ3n) is 12.0. The smallest absolute Gasteiger partial charge is 0.462 e. The Bertz CT molecular complexity index is 1610. The highest BCUT2D eigenvalue weighted by molar-refractivity contribution is 7.47. The first kappa shape index (κ1) is 70.4. The van der Waals surface area contributed by atoms with Crippen molar-refractivity contribution in [3.8, 4) is 0 Å². The zero-order chi connectivity index (χ0) is 54.1. The number of aliphatic hydroxyl groups excluding tert-OH is 1. The van der Waals surface area contributed by atoms with Crippen LogP contribution in [0.25, 0.3) is 0 Å². The van der Waals surface area contributed by atoms with E-state index in [2.05, 4.69) is 118 Å². The van der Waals surface area contributed by atoms with Gasteiger partial charge in [-0.25, -0.2) is 4.57 Å². The number of esters is 3. The van der Waals surface area contributed by atoms with Crippen LogP contribution < -0.4 is 0 Å². The van der Waals surface area contributed by atoms with Crippen LogP contribution in [-0.4, -0.2) is 66.5 Å². The molecule has 0 aliphatic carbocycles. The highest BCUT2D eigenvalue weighted by Gasteiger charge is 2.28. The van der Waals surface area contributed by atoms with Gasteiger partial charge in [-0.15, -0.1) is 0 Å². The molecule has 0 aromatic carbocycles. The Hall–Kier alpha value is -3.60. The number of hydrogen-bond donors (Lipinski definition) is 2. The second-order valence-electron chi connectivity index (χ2n) is 19.1. The van der Waals surface area contributed by atoms with Crippen LogP contribution >= 0.6 is 7.82 Å². The lowest BCUT2D eigenvalue weighted by Crippen LogP contribution is -2.30. The summed E-state index contributed by atoms with van der Waals surface area (Å²) >= 11 is 0. The Morgan fingerprint density at radius 3 is 1.15 bits per heavy atom. The van der Waals surface area contributed by atoms with Crippen LogP contribution in [0.3, 0.4) is 0 Å². The maximum Gasteiger partial charge on any atom is 0.472 e. The summed E-state index contributed by atoms with van der Waals surface area (Å²) in [4.78, 5) is 48.5. The lowest BCUT2D eigenvalue weighted by molar-refractivity contribution is -0.161. The number of phosphoric acid groups is 1. The molecular formula is C62H105O11P. The van der Waals surface area contributed by atoms with Crippen LogP contribution in [0.5, 0.6) is 0 Å². The van der Waals surface area contributed by atoms with Crippen LogP contribution in [0.4, 0.5) is 0 Å². The standard InChI is InChI=1S/C62H105O11P/c1-4-7-10-13-16-19-22-25-27-28-29-30-32-34-36-39-42-45-48-51-60(64)69-55-59(73-62(66)53-50-47-44-41-38-35-31-26-23-20-17-14-11-8-5-2)57-71-74(67,68)70-56-58(54-63)72-61(65)52-49-46-43-40-37-33-24-21-18-15-12-9-6-3/h8,11,16-17,19-21,24-27,29-31,38,41,58-59,63H,4-7,9-10,12-15,18,22-23,28,32-37,39-40,42-57H2,1-3H3,(H,67,68)/b11-8-,19-16-,20-17-,24-21-,27-25-,30-29-,31-26-,41-38-. The second kappa shape index (κ2) is 55.6. The average molecular weight is 1060 g/mol. The first-order valence-corrected chi connectivity index (χ1v) is 30.6. The normalized spacial score (nSPS) is 14.1. The number of carbonyl (C=O) groups is 3. The molecule has 424 valence electrons. The lowest BCUT2D eigenvalue weighted by atomic mass is 10.1. The van der Waals surface area contributed by atoms with Crippen LogP contribution in [-0.2, 0) is 42.2 Å². The summed E-state index contributed by atoms with van der Waals surface area (Å²) in [7, 11) is -4.77. The van der Waals surface area contributed by atoms with Gasteiger partial charge >= 0.3 is 25.7 Å². The van der Waals surface area contributed by atoms with Crippen LogP contribution in [0.15, 0.2) is 97.2 Å². The van der Waals surface area contributed by atoms with Gasteiger partial charge in [-0.3, -0.25) is 23.4 Å². The van der Waals surface area contributed by atoms with Gasteiger partial charge in [0.25, 0.3) is 0 Å². The SMILES string of the molecule is CC/C=C\C/C=C\C/C=C\C/C=C\CCCCC(=O)OC(COC(=O)CCCCCCCC/C=C\C/C=C\C/C=C\CCCCC)COP(=O)(O)OCC(CO)OC(=O)CCCCCCC/C=C\CCCCCC. The molecule has 0 bridgehead atoms. The summed E-state index contributed by atoms with van der Waals surface area (Å²) in [5.41, 5.74) is 0. The van der Waals surface area contributed by atoms with Crippen molar-refractivity contribution in [2.45, 2.75) is 251 Å². The van der Waals surface area contributed by atoms with Crippen molar-refractivity contribution in [3.05, 3.63) is 97.2 Å². The van der Waals surface area contributed by atoms with E-state index in [1.54, 1.807) is 0 Å². The maximum absolute atomic E-state index is 12.9. The minimum atomic E-state index is -4.77. The van der Waals surface area contributed by atoms with Gasteiger partial charge in [-0.05, 0) is 122 Å². The molecule has 3 unspecified atom stereocenters. The zero-order valence-electron chi connectivity index (χ0n) is 46.8. The minimum absolute atomic E-state index is 0.108. The summed E-state index contributed by atoms with van der Waals surface area (Å²) in [6, 6.07) is 0. The zero-order valence-corrected chi connectivity index (χ0v) is 47.7. The molecule has 0 fully saturated rings. The minimum Gasteiger partial charge on any atom is -0.462 e. The van der Waals surface area contributed by atoms with Crippen LogP contribution in [0.1, 0.15) is 239 Å². The molecule has 11 nitrogen and oxygen atoms in total. The largest absolute Gasteiger partial charge is 0.472 e. The molecule has 12 heteroatoms. The Kier molecular flexibility index (Phi) is 52.9. The number of allylic oxidation sites excluding steroid dienone is 16. The van der Waals surface area contributed by atoms with Crippen molar-refractivity contribution in [2.24, 2.45) is 0 Å². The summed E-state index contributed by atoms with van der Waals surface area (Å²) in [6.45, 7) is 4.41. The van der Waals surface area contributed by atoms with E-state index in [1.807, 2.05) is 0 Å². The van der Waals surface area contributed by atoms with Gasteiger partial charge in [0, 0.05) is 19.3 Å². The summed E-state index contributed by atoms with van der Waals surface area (Å²) in [5, 5.41) is 9.81. The number of ether oxygens (including phenoxy) is 3. The third-order valence-corrected chi connectivity index (χ3v) is 12.9. The van der Waals surface area contributed by atoms with Crippen molar-refractivity contribution < 1.29 is 52.2 Å². The fraction of sp³-hybridized carbons (Fsp3) is 0.694. The molecule has 0 aromatic rings. The van der Waals surface area contributed by atoms with E-state index >= 15 is 0 Å². The first-order valence-electron chi connectivity index (χ1n) is 29.1. The molecule has 0 aliphatic heterocycles. The molecule has 2 N–H and O–H groups in total. The molecule has 0 radical (unpaired) electrons. The van der Waals surface area contributed by atoms with E-state index < -0.39 is 57.8 Å². The van der Waals surface area contributed by atoms with Gasteiger partial charge in [-0.1, -0.05) is 195 Å². The molecule has 0 rings (SSSR count). The second-order valence-corrected chi connectivity index (χ2v) is 20.5. The Labute approximate surface area is 451 Å². The lowest BCUT2D eigenvalue weighted by Gasteiger charge is -2.21. The molecule has 0 saturated carbocycles. The molecule has 0 amide bonds. The topological polar surface area (TPSA) is 155 Å². The average Bonchev–Trinajstić information content (AvgIpc) is 3.39. The van der Waals surface area contributed by atoms with Crippen molar-refractivity contribution >= 4 is 25.7 Å². The van der Waals surface area contributed by atoms with E-state index in [0.29, 0.717) is 19.3 Å². The maximum atomic E-state index is 12.9. The number of hydrogen-bond acceptors (Lipinski definition) is 10. The summed E-state index contributed by atoms with van der Waals surface area (Å²) in [6.07, 6.45) is 65.1. The molecule has 74 heavy (non-hydrogen) atoms. The predicted molar refractivity (Wildman–Crippen MR) is 307 cm³/mol. The fourth-order valence-corrected chi connectivity index (χ4v) is 8.31. The number of phosphoric ester groups is 1. The van der Waals surface area contributed by atoms with Gasteiger partial charge in [0.2, 0.25) is 0 Å². The van der Waals surface area contributed by atoms with Gasteiger partial charge < -0.3 is 24.2 Å². The van der Waals surface area contributed by atoms with Gasteiger partial charge in [-0.2, -0.15) is 0 Å². The number of aliphatic hydroxyl groups is 1. The van der Waals surface area contributed by atoms with Gasteiger partial charge in [0.1, 0.15) is 12.7 Å². The van der Waals surface area contributed by atoms with Gasteiger partial charge in [0.15, 0.2) is 6.10 Å². The van der Waals surface area contributed by atoms with E-state index in [4.69, 9.17) is 23.3 Å². The van der Waals surface area contributed by atoms with E-state index in [9.17, 15) is 28.9 Å². The molecule has 0 saturated heterocycles. The van der Waals surface area contributed by atoms with Crippen molar-refractivity contribution in [3.63, 3.8) is 0 Å². The number of carbonyl (C=O) groups excluding carboxylic acids is 3. The molecule has 0 heterocycles. The highest BCUT2D eigenvalue weighted by atomic mass is 31.2. The summed E-state index contributed by atoms with van der Waals surface area (Å²) in [5.74, 6) is -1.54. The quantitative estimate of drug-likeness (QED) is 0.0197. The molecule has 0 aromatic heterocycles. The number of rotatable bonds is 53. The highest BCUT2D eigenvalue weighted by Crippen LogP contribution is 2.43. The Balaban J connectivity index is 4.81. The molecular weight excluding hydrogens is 952 g/mol.